The Morgan fingerprint density at radius 3 is 2.35 bits per heavy atom. The van der Waals surface area contributed by atoms with E-state index in [9.17, 15) is 29.1 Å². The largest absolute Gasteiger partial charge is 0.504 e. The molecule has 0 spiro atoms. The molecule has 266 valence electrons. The maximum Gasteiger partial charge on any atom is 0.347 e. The summed E-state index contributed by atoms with van der Waals surface area (Å²) in [5.41, 5.74) is -0.464. The zero-order valence-corrected chi connectivity index (χ0v) is 30.4. The Balaban J connectivity index is 1.32. The molecule has 4 aromatic rings. The van der Waals surface area contributed by atoms with Crippen LogP contribution in [-0.4, -0.2) is 61.5 Å². The predicted octanol–water partition coefficient (Wildman–Crippen LogP) is 3.18. The minimum Gasteiger partial charge on any atom is -0.504 e. The molecule has 1 fully saturated rings. The number of halogens is 1. The summed E-state index contributed by atoms with van der Waals surface area (Å²) in [4.78, 5) is 73.8. The molecule has 3 heterocycles. The number of Topliss-reactive ketones (excluding diaryl/α,β-unsaturated/α-hetero) is 1. The standard InChI is InChI=1S/C36H36BrN5O9/c1-17-11-29(43)36(2)21(31(17)44)14-24-19(30(36)20-12-18(37)13-28(51-6)32(20)45)7-10-41-34(47)40(35(48)42(24)41)9-8-22-33(46)39(3)25-16-27(50-5)26(49-4)15-23(25)38-22/h7,11-13,15-16,21,24,30,45H,8-10,14H2,1-6H3/t21-,24+,30+,36-/m0/s1. The van der Waals surface area contributed by atoms with Crippen molar-refractivity contribution in [2.75, 3.05) is 21.3 Å². The Morgan fingerprint density at radius 2 is 1.67 bits per heavy atom. The van der Waals surface area contributed by atoms with Crippen LogP contribution in [0.15, 0.2) is 66.4 Å². The Bertz CT molecular complexity index is 2430. The van der Waals surface area contributed by atoms with Crippen LogP contribution in [-0.2, 0) is 36.1 Å². The van der Waals surface area contributed by atoms with Gasteiger partial charge in [-0.15, -0.1) is 0 Å². The van der Waals surface area contributed by atoms with Crippen molar-refractivity contribution in [1.29, 1.82) is 0 Å². The van der Waals surface area contributed by atoms with Crippen LogP contribution in [0, 0.1) is 11.3 Å². The quantitative estimate of drug-likeness (QED) is 0.277. The maximum absolute atomic E-state index is 14.2. The molecular weight excluding hydrogens is 726 g/mol. The van der Waals surface area contributed by atoms with Gasteiger partial charge in [0, 0.05) is 54.0 Å². The summed E-state index contributed by atoms with van der Waals surface area (Å²) in [7, 11) is 6.01. The summed E-state index contributed by atoms with van der Waals surface area (Å²) >= 11 is 3.49. The molecule has 1 saturated carbocycles. The zero-order valence-electron chi connectivity index (χ0n) is 28.9. The van der Waals surface area contributed by atoms with E-state index in [1.165, 1.54) is 41.3 Å². The van der Waals surface area contributed by atoms with Crippen LogP contribution >= 0.6 is 15.9 Å². The first-order valence-corrected chi connectivity index (χ1v) is 17.1. The van der Waals surface area contributed by atoms with Crippen molar-refractivity contribution >= 4 is 38.5 Å². The Hall–Kier alpha value is -5.18. The number of aromatic hydroxyl groups is 1. The van der Waals surface area contributed by atoms with Crippen molar-refractivity contribution in [3.63, 3.8) is 0 Å². The molecule has 1 N–H and O–H groups in total. The Labute approximate surface area is 299 Å². The van der Waals surface area contributed by atoms with E-state index in [4.69, 9.17) is 14.2 Å². The van der Waals surface area contributed by atoms with Crippen molar-refractivity contribution in [1.82, 2.24) is 23.5 Å². The number of fused-ring (bicyclic) bond motifs is 5. The highest BCUT2D eigenvalue weighted by Gasteiger charge is 2.60. The monoisotopic (exact) mass is 761 g/mol. The third kappa shape index (κ3) is 4.95. The minimum atomic E-state index is -1.30. The number of carbonyl (C=O) groups excluding carboxylic acids is 2. The van der Waals surface area contributed by atoms with Crippen LogP contribution in [0.4, 0.5) is 0 Å². The van der Waals surface area contributed by atoms with Crippen molar-refractivity contribution in [3.05, 3.63) is 94.6 Å². The van der Waals surface area contributed by atoms with E-state index >= 15 is 0 Å². The van der Waals surface area contributed by atoms with Crippen LogP contribution in [0.3, 0.4) is 0 Å². The van der Waals surface area contributed by atoms with Crippen molar-refractivity contribution in [3.8, 4) is 23.0 Å². The molecule has 7 rings (SSSR count). The number of ether oxygens (including phenoxy) is 3. The third-order valence-corrected chi connectivity index (χ3v) is 11.3. The molecule has 3 aliphatic rings. The fourth-order valence-electron chi connectivity index (χ4n) is 8.19. The highest BCUT2D eigenvalue weighted by molar-refractivity contribution is 9.10. The molecule has 15 heteroatoms. The topological polar surface area (TPSA) is 166 Å². The molecule has 2 aliphatic carbocycles. The highest BCUT2D eigenvalue weighted by Crippen LogP contribution is 2.61. The summed E-state index contributed by atoms with van der Waals surface area (Å²) in [5.74, 6) is -1.34. The van der Waals surface area contributed by atoms with E-state index in [2.05, 4.69) is 20.9 Å². The minimum absolute atomic E-state index is 0.00464. The molecule has 0 amide bonds. The number of aryl methyl sites for hydroxylation is 2. The fourth-order valence-corrected chi connectivity index (χ4v) is 8.64. The Kier molecular flexibility index (Phi) is 8.23. The van der Waals surface area contributed by atoms with Crippen LogP contribution in [0.5, 0.6) is 23.0 Å². The number of allylic oxidation sites excluding steroid dienone is 4. The van der Waals surface area contributed by atoms with E-state index in [1.54, 1.807) is 51.2 Å². The van der Waals surface area contributed by atoms with Crippen LogP contribution in [0.25, 0.3) is 11.0 Å². The summed E-state index contributed by atoms with van der Waals surface area (Å²) in [5, 5.41) is 11.4. The van der Waals surface area contributed by atoms with E-state index in [0.29, 0.717) is 43.7 Å². The molecule has 51 heavy (non-hydrogen) atoms. The van der Waals surface area contributed by atoms with Gasteiger partial charge in [0.1, 0.15) is 5.69 Å². The van der Waals surface area contributed by atoms with Crippen molar-refractivity contribution < 1.29 is 28.9 Å². The van der Waals surface area contributed by atoms with Gasteiger partial charge < -0.3 is 23.9 Å². The number of rotatable bonds is 7. The van der Waals surface area contributed by atoms with Crippen molar-refractivity contribution in [2.24, 2.45) is 18.4 Å². The predicted molar refractivity (Wildman–Crippen MR) is 189 cm³/mol. The van der Waals surface area contributed by atoms with Gasteiger partial charge in [0.25, 0.3) is 5.56 Å². The summed E-state index contributed by atoms with van der Waals surface area (Å²) in [6, 6.07) is 5.81. The number of nitrogens with zero attached hydrogens (tertiary/aromatic N) is 5. The number of phenols is 1. The van der Waals surface area contributed by atoms with Gasteiger partial charge in [-0.1, -0.05) is 28.9 Å². The molecular formula is C36H36BrN5O9. The third-order valence-electron chi connectivity index (χ3n) is 10.8. The molecule has 4 atom stereocenters. The number of phenolic OH excluding ortho intramolecular Hbond substituents is 1. The number of carbonyl (C=O) groups is 2. The smallest absolute Gasteiger partial charge is 0.347 e. The van der Waals surface area contributed by atoms with Gasteiger partial charge >= 0.3 is 11.4 Å². The normalized spacial score (nSPS) is 22.5. The van der Waals surface area contributed by atoms with Gasteiger partial charge in [-0.05, 0) is 42.7 Å². The van der Waals surface area contributed by atoms with Gasteiger partial charge in [0.2, 0.25) is 0 Å². The average molecular weight is 763 g/mol. The average Bonchev–Trinajstić information content (AvgIpc) is 3.36. The Morgan fingerprint density at radius 1 is 0.980 bits per heavy atom. The SMILES string of the molecule is COc1cc2nc(CCn3c(=O)n4n(c3=O)[C@@H]3C[C@H]5C(=O)C(C)=CC(=O)[C@@]5(C)[C@@H](c5cc(Br)cc(OC)c5O)C3=CC4)c(=O)n(C)c2cc1OC. The first-order chi connectivity index (χ1) is 24.3. The lowest BCUT2D eigenvalue weighted by Crippen LogP contribution is -2.54. The number of hydrogen-bond donors (Lipinski definition) is 1. The van der Waals surface area contributed by atoms with Gasteiger partial charge in [-0.3, -0.25) is 14.4 Å². The van der Waals surface area contributed by atoms with Crippen LogP contribution in [0.1, 0.15) is 43.5 Å². The van der Waals surface area contributed by atoms with Crippen LogP contribution < -0.4 is 31.1 Å². The second-order valence-corrected chi connectivity index (χ2v) is 14.3. The van der Waals surface area contributed by atoms with Gasteiger partial charge in [-0.2, -0.15) is 0 Å². The lowest BCUT2D eigenvalue weighted by Gasteiger charge is -2.52. The fraction of sp³-hybridized carbons (Fsp3) is 0.389. The molecule has 0 radical (unpaired) electrons. The van der Waals surface area contributed by atoms with Crippen molar-refractivity contribution in [2.45, 2.75) is 51.7 Å². The van der Waals surface area contributed by atoms with Gasteiger partial charge in [0.05, 0.1) is 50.4 Å². The first-order valence-electron chi connectivity index (χ1n) is 16.3. The first kappa shape index (κ1) is 34.3. The lowest BCUT2D eigenvalue weighted by molar-refractivity contribution is -0.139. The molecule has 1 aliphatic heterocycles. The summed E-state index contributed by atoms with van der Waals surface area (Å²) < 4.78 is 22.0. The van der Waals surface area contributed by atoms with E-state index in [0.717, 1.165) is 4.57 Å². The molecule has 2 aromatic carbocycles. The van der Waals surface area contributed by atoms with E-state index < -0.39 is 40.2 Å². The number of aromatic nitrogens is 5. The van der Waals surface area contributed by atoms with Gasteiger partial charge in [-0.25, -0.2) is 28.5 Å². The highest BCUT2D eigenvalue weighted by atomic mass is 79.9. The van der Waals surface area contributed by atoms with Crippen LogP contribution in [0.2, 0.25) is 0 Å². The molecule has 0 unspecified atom stereocenters. The second kappa shape index (κ2) is 12.2. The molecule has 0 bridgehead atoms. The number of methoxy groups -OCH3 is 3. The summed E-state index contributed by atoms with van der Waals surface area (Å²) in [6.45, 7) is 3.19. The van der Waals surface area contributed by atoms with Gasteiger partial charge in [0.15, 0.2) is 34.6 Å². The molecule has 2 aromatic heterocycles. The maximum atomic E-state index is 14.2. The second-order valence-electron chi connectivity index (χ2n) is 13.3. The molecule has 14 nitrogen and oxygen atoms in total. The lowest BCUT2D eigenvalue weighted by atomic mass is 9.51. The summed E-state index contributed by atoms with van der Waals surface area (Å²) in [6.07, 6.45) is 3.23. The van der Waals surface area contributed by atoms with E-state index in [1.807, 2.05) is 0 Å². The van der Waals surface area contributed by atoms with E-state index in [-0.39, 0.29) is 54.7 Å². The number of benzene rings is 2. The number of hydrogen-bond acceptors (Lipinski definition) is 10. The molecule has 0 saturated heterocycles. The number of ketones is 2. The zero-order chi connectivity index (χ0) is 36.7.